The van der Waals surface area contributed by atoms with Gasteiger partial charge in [0.05, 0.1) is 31.6 Å². The minimum Gasteiger partial charge on any atom is -0.496 e. The average Bonchev–Trinajstić information content (AvgIpc) is 2.88. The molecule has 0 aromatic heterocycles. The van der Waals surface area contributed by atoms with E-state index in [1.165, 1.54) is 13.2 Å². The highest BCUT2D eigenvalue weighted by Crippen LogP contribution is 2.33. The summed E-state index contributed by atoms with van der Waals surface area (Å²) < 4.78 is 16.4. The zero-order chi connectivity index (χ0) is 27.2. The number of carbonyl (C=O) groups is 3. The first-order chi connectivity index (χ1) is 17.6. The molecule has 1 unspecified atom stereocenters. The highest BCUT2D eigenvalue weighted by molar-refractivity contribution is 6.05. The number of aryl methyl sites for hydroxylation is 1. The van der Waals surface area contributed by atoms with E-state index in [-0.39, 0.29) is 17.2 Å². The summed E-state index contributed by atoms with van der Waals surface area (Å²) in [4.78, 5) is 39.7. The number of aliphatic carboxylic acids is 1. The molecule has 10 heteroatoms. The molecule has 1 amide bonds. The Morgan fingerprint density at radius 2 is 1.84 bits per heavy atom. The van der Waals surface area contributed by atoms with Crippen molar-refractivity contribution in [3.63, 3.8) is 0 Å². The molecule has 200 valence electrons. The van der Waals surface area contributed by atoms with Crippen molar-refractivity contribution in [3.05, 3.63) is 53.1 Å². The van der Waals surface area contributed by atoms with Crippen molar-refractivity contribution in [2.45, 2.75) is 38.7 Å². The number of hydrogen-bond acceptors (Lipinski definition) is 7. The van der Waals surface area contributed by atoms with E-state index in [1.54, 1.807) is 24.8 Å². The molecule has 2 aromatic carbocycles. The third-order valence-corrected chi connectivity index (χ3v) is 6.43. The zero-order valence-corrected chi connectivity index (χ0v) is 21.7. The van der Waals surface area contributed by atoms with Gasteiger partial charge in [0, 0.05) is 26.3 Å². The van der Waals surface area contributed by atoms with Gasteiger partial charge in [-0.3, -0.25) is 4.79 Å². The van der Waals surface area contributed by atoms with Crippen molar-refractivity contribution in [3.8, 4) is 11.5 Å². The quantitative estimate of drug-likeness (QED) is 0.386. The van der Waals surface area contributed by atoms with Crippen LogP contribution < -0.4 is 14.4 Å². The van der Waals surface area contributed by atoms with Gasteiger partial charge in [-0.15, -0.1) is 0 Å². The lowest BCUT2D eigenvalue weighted by molar-refractivity contribution is -0.163. The number of hydrogen-bond donors (Lipinski definition) is 2. The van der Waals surface area contributed by atoms with Crippen LogP contribution in [-0.4, -0.2) is 79.1 Å². The zero-order valence-electron chi connectivity index (χ0n) is 21.7. The second-order valence-corrected chi connectivity index (χ2v) is 9.10. The van der Waals surface area contributed by atoms with Crippen molar-refractivity contribution >= 4 is 23.5 Å². The van der Waals surface area contributed by atoms with Gasteiger partial charge in [-0.2, -0.15) is 0 Å². The fraction of sp³-hybridized carbons (Fsp3) is 0.444. The average molecular weight is 515 g/mol. The number of carboxylic acid groups (broad SMARTS) is 2. The van der Waals surface area contributed by atoms with E-state index in [0.29, 0.717) is 62.7 Å². The van der Waals surface area contributed by atoms with Crippen LogP contribution in [0.3, 0.4) is 0 Å². The summed E-state index contributed by atoms with van der Waals surface area (Å²) in [6.45, 7) is 4.90. The number of amides is 1. The highest BCUT2D eigenvalue weighted by atomic mass is 16.5. The van der Waals surface area contributed by atoms with Crippen LogP contribution in [0.5, 0.6) is 11.5 Å². The van der Waals surface area contributed by atoms with Gasteiger partial charge >= 0.3 is 11.9 Å². The summed E-state index contributed by atoms with van der Waals surface area (Å²) in [5.74, 6) is -1.47. The summed E-state index contributed by atoms with van der Waals surface area (Å²) in [6.07, 6.45) is 1.51. The fourth-order valence-electron chi connectivity index (χ4n) is 4.27. The van der Waals surface area contributed by atoms with Crippen molar-refractivity contribution in [2.24, 2.45) is 0 Å². The largest absolute Gasteiger partial charge is 0.496 e. The smallest absolute Gasteiger partial charge is 0.339 e. The lowest BCUT2D eigenvalue weighted by Gasteiger charge is -2.36. The van der Waals surface area contributed by atoms with Crippen LogP contribution in [0.4, 0.5) is 5.69 Å². The fourth-order valence-corrected chi connectivity index (χ4v) is 4.27. The molecular formula is C27H34N2O8. The second kappa shape index (κ2) is 12.0. The van der Waals surface area contributed by atoms with Gasteiger partial charge < -0.3 is 34.2 Å². The Hall–Kier alpha value is -3.79. The number of nitrogens with zero attached hydrogens (tertiary/aromatic N) is 2. The first-order valence-electron chi connectivity index (χ1n) is 12.1. The molecule has 0 bridgehead atoms. The second-order valence-electron chi connectivity index (χ2n) is 9.10. The van der Waals surface area contributed by atoms with Gasteiger partial charge in [0.1, 0.15) is 17.1 Å². The van der Waals surface area contributed by atoms with Crippen molar-refractivity contribution in [1.82, 2.24) is 4.90 Å². The molecule has 2 N–H and O–H groups in total. The summed E-state index contributed by atoms with van der Waals surface area (Å²) in [5, 5.41) is 18.9. The maximum absolute atomic E-state index is 13.0. The lowest BCUT2D eigenvalue weighted by Crippen LogP contribution is -2.45. The molecule has 0 saturated carbocycles. The van der Waals surface area contributed by atoms with Gasteiger partial charge in [0.15, 0.2) is 5.60 Å². The normalized spacial score (nSPS) is 14.6. The number of aromatic carboxylic acids is 1. The molecule has 1 atom stereocenters. The number of methoxy groups -OCH3 is 1. The molecule has 3 rings (SSSR count). The Balaban J connectivity index is 1.52. The number of benzene rings is 2. The van der Waals surface area contributed by atoms with Crippen molar-refractivity contribution < 1.29 is 38.8 Å². The predicted molar refractivity (Wildman–Crippen MR) is 137 cm³/mol. The molecule has 0 radical (unpaired) electrons. The van der Waals surface area contributed by atoms with E-state index < -0.39 is 17.5 Å². The molecular weight excluding hydrogens is 480 g/mol. The Labute approximate surface area is 216 Å². The molecule has 1 aliphatic rings. The predicted octanol–water partition coefficient (Wildman–Crippen LogP) is 3.52. The van der Waals surface area contributed by atoms with Gasteiger partial charge in [-0.25, -0.2) is 9.59 Å². The highest BCUT2D eigenvalue weighted by Gasteiger charge is 2.33. The Kier molecular flexibility index (Phi) is 8.99. The summed E-state index contributed by atoms with van der Waals surface area (Å²) >= 11 is 0. The number of carbonyl (C=O) groups excluding carboxylic acids is 1. The van der Waals surface area contributed by atoms with E-state index in [0.717, 1.165) is 5.56 Å². The number of fused-ring (bicyclic) bond motifs is 1. The van der Waals surface area contributed by atoms with Gasteiger partial charge in [-0.05, 0) is 56.9 Å². The van der Waals surface area contributed by atoms with E-state index in [9.17, 15) is 24.6 Å². The molecule has 0 spiro atoms. The van der Waals surface area contributed by atoms with Crippen LogP contribution >= 0.6 is 0 Å². The third kappa shape index (κ3) is 6.51. The van der Waals surface area contributed by atoms with Crippen LogP contribution in [-0.2, 0) is 16.0 Å². The molecule has 0 fully saturated rings. The summed E-state index contributed by atoms with van der Waals surface area (Å²) in [6, 6.07) is 10.4. The topological polar surface area (TPSA) is 126 Å². The van der Waals surface area contributed by atoms with E-state index in [2.05, 4.69) is 0 Å². The van der Waals surface area contributed by atoms with Gasteiger partial charge in [0.25, 0.3) is 5.91 Å². The summed E-state index contributed by atoms with van der Waals surface area (Å²) in [7, 11) is 3.24. The standard InChI is InChI=1S/C27H34N2O8/c1-5-37-27(2,26(33)34)12-11-18-7-9-19(10-8-18)36-14-6-13-29-17-28(3)22-16-23(35-4)21(25(31)32)15-20(22)24(29)30/h7-10,15-16H,5-6,11-14,17H2,1-4H3,(H,31,32)(H,33,34). The summed E-state index contributed by atoms with van der Waals surface area (Å²) in [5.41, 5.74) is 0.668. The number of anilines is 1. The van der Waals surface area contributed by atoms with Gasteiger partial charge in [0.2, 0.25) is 0 Å². The van der Waals surface area contributed by atoms with Gasteiger partial charge in [-0.1, -0.05) is 12.1 Å². The van der Waals surface area contributed by atoms with E-state index >= 15 is 0 Å². The SMILES string of the molecule is CCOC(C)(CCc1ccc(OCCCN2CN(C)c3cc(OC)c(C(=O)O)cc3C2=O)cc1)C(=O)O. The molecule has 0 aliphatic carbocycles. The minimum atomic E-state index is -1.22. The van der Waals surface area contributed by atoms with Crippen molar-refractivity contribution in [2.75, 3.05) is 45.5 Å². The third-order valence-electron chi connectivity index (χ3n) is 6.43. The maximum Gasteiger partial charge on any atom is 0.339 e. The Morgan fingerprint density at radius 1 is 1.14 bits per heavy atom. The van der Waals surface area contributed by atoms with E-state index in [1.807, 2.05) is 36.2 Å². The minimum absolute atomic E-state index is 0.0536. The molecule has 37 heavy (non-hydrogen) atoms. The molecule has 1 aliphatic heterocycles. The Morgan fingerprint density at radius 3 is 2.43 bits per heavy atom. The van der Waals surface area contributed by atoms with Crippen molar-refractivity contribution in [1.29, 1.82) is 0 Å². The van der Waals surface area contributed by atoms with Crippen LogP contribution in [0.15, 0.2) is 36.4 Å². The number of ether oxygens (including phenoxy) is 3. The number of carboxylic acids is 2. The van der Waals surface area contributed by atoms with E-state index in [4.69, 9.17) is 14.2 Å². The first kappa shape index (κ1) is 27.8. The molecule has 0 saturated heterocycles. The monoisotopic (exact) mass is 514 g/mol. The molecule has 10 nitrogen and oxygen atoms in total. The van der Waals surface area contributed by atoms with Crippen LogP contribution in [0, 0.1) is 0 Å². The maximum atomic E-state index is 13.0. The van der Waals surface area contributed by atoms with Crippen LogP contribution in [0.1, 0.15) is 53.0 Å². The van der Waals surface area contributed by atoms with Crippen LogP contribution in [0.2, 0.25) is 0 Å². The molecule has 2 aromatic rings. The molecule has 1 heterocycles. The first-order valence-corrected chi connectivity index (χ1v) is 12.1. The van der Waals surface area contributed by atoms with Crippen LogP contribution in [0.25, 0.3) is 0 Å². The number of rotatable bonds is 13. The lowest BCUT2D eigenvalue weighted by atomic mass is 9.96. The Bertz CT molecular complexity index is 1130.